The van der Waals surface area contributed by atoms with E-state index in [9.17, 15) is 4.91 Å². The smallest absolute Gasteiger partial charge is 0.117 e. The lowest BCUT2D eigenvalue weighted by atomic mass is 9.94. The van der Waals surface area contributed by atoms with Crippen LogP contribution in [0.4, 0.5) is 0 Å². The van der Waals surface area contributed by atoms with Crippen molar-refractivity contribution in [1.29, 1.82) is 0 Å². The van der Waals surface area contributed by atoms with Gasteiger partial charge in [0.15, 0.2) is 0 Å². The molecule has 26 heavy (non-hydrogen) atoms. The highest BCUT2D eigenvalue weighted by molar-refractivity contribution is 6.33. The second-order valence-corrected chi connectivity index (χ2v) is 6.80. The van der Waals surface area contributed by atoms with Crippen LogP contribution in [-0.2, 0) is 6.42 Å². The van der Waals surface area contributed by atoms with Gasteiger partial charge in [-0.15, -0.1) is 0 Å². The van der Waals surface area contributed by atoms with Crippen LogP contribution < -0.4 is 0 Å². The lowest BCUT2D eigenvalue weighted by molar-refractivity contribution is 0.282. The third-order valence-electron chi connectivity index (χ3n) is 5.15. The summed E-state index contributed by atoms with van der Waals surface area (Å²) in [6.45, 7) is 0.179. The van der Waals surface area contributed by atoms with E-state index in [1.54, 1.807) is 12.4 Å². The highest BCUT2D eigenvalue weighted by Crippen LogP contribution is 2.37. The van der Waals surface area contributed by atoms with Crippen LogP contribution >= 0.6 is 0 Å². The number of nitrogens with zero attached hydrogens (tertiary/aromatic N) is 3. The molecule has 5 nitrogen and oxygen atoms in total. The summed E-state index contributed by atoms with van der Waals surface area (Å²) in [6.07, 6.45) is 9.00. The van der Waals surface area contributed by atoms with E-state index in [4.69, 9.17) is 10.1 Å². The molecule has 1 N–H and O–H groups in total. The van der Waals surface area contributed by atoms with Crippen molar-refractivity contribution in [2.45, 2.75) is 37.8 Å². The second kappa shape index (κ2) is 7.30. The molecule has 132 valence electrons. The fourth-order valence-corrected chi connectivity index (χ4v) is 3.84. The summed E-state index contributed by atoms with van der Waals surface area (Å²) in [5.74, 6) is 0. The Morgan fingerprint density at radius 3 is 2.77 bits per heavy atom. The van der Waals surface area contributed by atoms with Gasteiger partial charge in [-0.25, -0.2) is 0 Å². The number of aliphatic hydroxyl groups is 1. The van der Waals surface area contributed by atoms with E-state index in [0.29, 0.717) is 0 Å². The number of hydrogen-bond acceptors (Lipinski definition) is 5. The molecule has 1 aliphatic carbocycles. The van der Waals surface area contributed by atoms with Gasteiger partial charge in [0.1, 0.15) is 6.04 Å². The van der Waals surface area contributed by atoms with E-state index in [-0.39, 0.29) is 18.7 Å². The molecule has 1 aromatic heterocycles. The van der Waals surface area contributed by atoms with Gasteiger partial charge < -0.3 is 5.11 Å². The first-order valence-electron chi connectivity index (χ1n) is 9.07. The van der Waals surface area contributed by atoms with Crippen LogP contribution in [-0.4, -0.2) is 28.5 Å². The molecule has 2 heterocycles. The summed E-state index contributed by atoms with van der Waals surface area (Å²) < 4.78 is 0. The van der Waals surface area contributed by atoms with E-state index in [1.807, 2.05) is 18.2 Å². The third kappa shape index (κ3) is 3.10. The zero-order valence-electron chi connectivity index (χ0n) is 14.5. The lowest BCUT2D eigenvalue weighted by Crippen LogP contribution is -2.03. The van der Waals surface area contributed by atoms with Gasteiger partial charge in [-0.05, 0) is 54.5 Å². The maximum absolute atomic E-state index is 11.0. The average Bonchev–Trinajstić information content (AvgIpc) is 3.30. The maximum Gasteiger partial charge on any atom is 0.117 e. The molecule has 1 aromatic carbocycles. The summed E-state index contributed by atoms with van der Waals surface area (Å²) in [7, 11) is 0. The number of allylic oxidation sites excluding steroid dienone is 1. The Morgan fingerprint density at radius 2 is 2.00 bits per heavy atom. The Morgan fingerprint density at radius 1 is 1.15 bits per heavy atom. The topological polar surface area (TPSA) is 74.9 Å². The molecule has 0 saturated heterocycles. The Balaban J connectivity index is 1.71. The molecular formula is C21H21N3O2. The number of aliphatic imine (C=N–C) groups is 1. The number of aromatic nitrogens is 1. The predicted molar refractivity (Wildman–Crippen MR) is 102 cm³/mol. The van der Waals surface area contributed by atoms with Crippen LogP contribution in [0.3, 0.4) is 0 Å². The minimum Gasteiger partial charge on any atom is -0.396 e. The summed E-state index contributed by atoms with van der Waals surface area (Å²) in [5.41, 5.74) is 6.52. The minimum absolute atomic E-state index is 0.0814. The predicted octanol–water partition coefficient (Wildman–Crippen LogP) is 3.86. The van der Waals surface area contributed by atoms with Crippen LogP contribution in [0.5, 0.6) is 0 Å². The van der Waals surface area contributed by atoms with Gasteiger partial charge in [0.2, 0.25) is 0 Å². The molecule has 1 aliphatic heterocycles. The molecule has 0 radical (unpaired) electrons. The van der Waals surface area contributed by atoms with Crippen LogP contribution in [0.25, 0.3) is 5.57 Å². The van der Waals surface area contributed by atoms with Crippen molar-refractivity contribution in [3.05, 3.63) is 76.0 Å². The fraction of sp³-hybridized carbons (Fsp3) is 0.333. The van der Waals surface area contributed by atoms with Crippen molar-refractivity contribution in [3.8, 4) is 0 Å². The number of benzene rings is 1. The van der Waals surface area contributed by atoms with Crippen molar-refractivity contribution in [3.63, 3.8) is 0 Å². The van der Waals surface area contributed by atoms with Gasteiger partial charge in [-0.3, -0.25) is 9.98 Å². The standard InChI is InChI=1S/C21H21N3O2/c25-11-1-2-17-13-19(21(23-17)14-7-9-22-10-8-14)16-3-5-18-15(12-16)4-6-20(18)24-26/h3,5,7-10,12-13,17,20,25H,1-2,4,6,11H2. The van der Waals surface area contributed by atoms with Crippen molar-refractivity contribution >= 4 is 11.3 Å². The fourth-order valence-electron chi connectivity index (χ4n) is 3.84. The second-order valence-electron chi connectivity index (χ2n) is 6.80. The third-order valence-corrected chi connectivity index (χ3v) is 5.15. The van der Waals surface area contributed by atoms with E-state index >= 15 is 0 Å². The summed E-state index contributed by atoms with van der Waals surface area (Å²) in [5, 5.41) is 12.4. The minimum atomic E-state index is -0.206. The highest BCUT2D eigenvalue weighted by Gasteiger charge is 2.26. The first kappa shape index (κ1) is 16.8. The Hall–Kier alpha value is -2.66. The first-order chi connectivity index (χ1) is 12.8. The normalized spacial score (nSPS) is 21.3. The average molecular weight is 347 g/mol. The summed E-state index contributed by atoms with van der Waals surface area (Å²) in [6, 6.07) is 10.1. The molecule has 0 bridgehead atoms. The Labute approximate surface area is 152 Å². The Kier molecular flexibility index (Phi) is 4.71. The number of fused-ring (bicyclic) bond motifs is 1. The molecule has 2 aromatic rings. The van der Waals surface area contributed by atoms with Gasteiger partial charge in [0, 0.05) is 30.1 Å². The van der Waals surface area contributed by atoms with Crippen molar-refractivity contribution in [2.75, 3.05) is 6.61 Å². The van der Waals surface area contributed by atoms with Crippen LogP contribution in [0.1, 0.15) is 47.6 Å². The first-order valence-corrected chi connectivity index (χ1v) is 9.07. The van der Waals surface area contributed by atoms with Crippen molar-refractivity contribution in [1.82, 2.24) is 4.98 Å². The molecule has 0 saturated carbocycles. The molecule has 0 amide bonds. The molecule has 2 unspecified atom stereocenters. The molecule has 0 fully saturated rings. The van der Waals surface area contributed by atoms with E-state index in [2.05, 4.69) is 28.4 Å². The number of aryl methyl sites for hydroxylation is 1. The number of pyridine rings is 1. The van der Waals surface area contributed by atoms with E-state index < -0.39 is 0 Å². The lowest BCUT2D eigenvalue weighted by Gasteiger charge is -2.10. The van der Waals surface area contributed by atoms with Gasteiger partial charge in [-0.2, -0.15) is 4.91 Å². The van der Waals surface area contributed by atoms with E-state index in [0.717, 1.165) is 53.7 Å². The van der Waals surface area contributed by atoms with Crippen LogP contribution in [0.15, 0.2) is 59.0 Å². The SMILES string of the molecule is O=NC1CCc2cc(C3=CC(CCCO)N=C3c3ccncc3)ccc21. The maximum atomic E-state index is 11.0. The van der Waals surface area contributed by atoms with Gasteiger partial charge in [0.05, 0.1) is 11.8 Å². The van der Waals surface area contributed by atoms with Crippen LogP contribution in [0.2, 0.25) is 0 Å². The van der Waals surface area contributed by atoms with Gasteiger partial charge in [0.25, 0.3) is 0 Å². The largest absolute Gasteiger partial charge is 0.396 e. The molecule has 2 aliphatic rings. The quantitative estimate of drug-likeness (QED) is 0.806. The van der Waals surface area contributed by atoms with Gasteiger partial charge in [-0.1, -0.05) is 29.5 Å². The molecule has 2 atom stereocenters. The number of rotatable bonds is 6. The number of aliphatic hydroxyl groups excluding tert-OH is 1. The zero-order valence-corrected chi connectivity index (χ0v) is 14.5. The molecule has 5 heteroatoms. The number of nitroso groups, excluding NO2 is 1. The summed E-state index contributed by atoms with van der Waals surface area (Å²) in [4.78, 5) is 20.0. The van der Waals surface area contributed by atoms with Crippen LogP contribution in [0, 0.1) is 4.91 Å². The number of hydrogen-bond donors (Lipinski definition) is 1. The molecular weight excluding hydrogens is 326 g/mol. The zero-order chi connectivity index (χ0) is 17.9. The van der Waals surface area contributed by atoms with Crippen molar-refractivity contribution in [2.24, 2.45) is 10.2 Å². The molecule has 0 spiro atoms. The summed E-state index contributed by atoms with van der Waals surface area (Å²) >= 11 is 0. The monoisotopic (exact) mass is 347 g/mol. The molecule has 4 rings (SSSR count). The van der Waals surface area contributed by atoms with Crippen molar-refractivity contribution < 1.29 is 5.11 Å². The van der Waals surface area contributed by atoms with Gasteiger partial charge >= 0.3 is 0 Å². The highest BCUT2D eigenvalue weighted by atomic mass is 16.3. The van der Waals surface area contributed by atoms with E-state index in [1.165, 1.54) is 5.56 Å². The Bertz CT molecular complexity index is 874.